The van der Waals surface area contributed by atoms with Gasteiger partial charge in [0.15, 0.2) is 0 Å². The van der Waals surface area contributed by atoms with E-state index in [1.807, 2.05) is 0 Å². The Kier molecular flexibility index (Phi) is 8.98. The summed E-state index contributed by atoms with van der Waals surface area (Å²) in [4.78, 5) is 0. The van der Waals surface area contributed by atoms with Crippen molar-refractivity contribution in [3.8, 4) is 0 Å². The van der Waals surface area contributed by atoms with Crippen LogP contribution in [0.3, 0.4) is 0 Å². The van der Waals surface area contributed by atoms with Crippen LogP contribution in [-0.4, -0.2) is 6.16 Å². The molecule has 0 rings (SSSR count). The lowest BCUT2D eigenvalue weighted by Gasteiger charge is -2.05. The first-order valence-electron chi connectivity index (χ1n) is 5.37. The van der Waals surface area contributed by atoms with Crippen molar-refractivity contribution in [1.82, 2.24) is 0 Å². The van der Waals surface area contributed by atoms with Crippen molar-refractivity contribution in [2.45, 2.75) is 40.0 Å². The van der Waals surface area contributed by atoms with Gasteiger partial charge in [-0.1, -0.05) is 44.6 Å². The Bertz CT molecular complexity index is 211. The molecular weight excluding hydrogens is 187 g/mol. The minimum Gasteiger partial charge on any atom is -0.100 e. The van der Waals surface area contributed by atoms with Crippen molar-refractivity contribution >= 4 is 8.58 Å². The molecule has 0 aliphatic carbocycles. The molecule has 0 aromatic rings. The molecule has 0 aliphatic rings. The summed E-state index contributed by atoms with van der Waals surface area (Å²) < 4.78 is 0. The van der Waals surface area contributed by atoms with Crippen LogP contribution in [0.2, 0.25) is 0 Å². The van der Waals surface area contributed by atoms with E-state index in [0.29, 0.717) is 0 Å². The molecule has 0 spiro atoms. The largest absolute Gasteiger partial charge is 0.100 e. The van der Waals surface area contributed by atoms with Crippen molar-refractivity contribution in [3.63, 3.8) is 0 Å². The Morgan fingerprint density at radius 3 is 2.57 bits per heavy atom. The Labute approximate surface area is 91.0 Å². The first-order chi connectivity index (χ1) is 6.70. The second kappa shape index (κ2) is 9.21. The molecule has 0 N–H and O–H groups in total. The second-order valence-corrected chi connectivity index (χ2v) is 4.70. The second-order valence-electron chi connectivity index (χ2n) is 3.61. The van der Waals surface area contributed by atoms with Gasteiger partial charge in [-0.15, -0.1) is 6.58 Å². The number of hydrogen-bond donors (Lipinski definition) is 0. The number of hydrogen-bond acceptors (Lipinski definition) is 0. The topological polar surface area (TPSA) is 0 Å². The van der Waals surface area contributed by atoms with Gasteiger partial charge in [0.1, 0.15) is 0 Å². The molecule has 0 aromatic carbocycles. The fourth-order valence-corrected chi connectivity index (χ4v) is 2.17. The van der Waals surface area contributed by atoms with Gasteiger partial charge in [0.05, 0.1) is 0 Å². The number of rotatable bonds is 7. The Morgan fingerprint density at radius 2 is 2.07 bits per heavy atom. The molecule has 0 radical (unpaired) electrons. The smallest absolute Gasteiger partial charge is 0.0107 e. The molecule has 1 atom stereocenters. The van der Waals surface area contributed by atoms with Crippen LogP contribution in [0.15, 0.2) is 35.7 Å². The van der Waals surface area contributed by atoms with E-state index in [4.69, 9.17) is 0 Å². The summed E-state index contributed by atoms with van der Waals surface area (Å²) in [6, 6.07) is 0. The van der Waals surface area contributed by atoms with E-state index >= 15 is 0 Å². The molecule has 80 valence electrons. The van der Waals surface area contributed by atoms with E-state index in [1.165, 1.54) is 18.2 Å². The molecule has 0 aliphatic heterocycles. The highest BCUT2D eigenvalue weighted by molar-refractivity contribution is 7.41. The van der Waals surface area contributed by atoms with Crippen LogP contribution in [0.25, 0.3) is 0 Å². The van der Waals surface area contributed by atoms with Crippen LogP contribution in [0, 0.1) is 0 Å². The molecule has 14 heavy (non-hydrogen) atoms. The van der Waals surface area contributed by atoms with Gasteiger partial charge in [0, 0.05) is 0 Å². The standard InChI is InChI=1S/C13H23P/c1-5-7-13(9-8-12(3)4)11-14-10-6-2/h6-7,10,14H,3,5,8-9,11H2,1-2,4H3/b10-6+,13-7+. The monoisotopic (exact) mass is 210 g/mol. The quantitative estimate of drug-likeness (QED) is 0.414. The lowest BCUT2D eigenvalue weighted by Crippen LogP contribution is -1.87. The van der Waals surface area contributed by atoms with Crippen LogP contribution < -0.4 is 0 Å². The van der Waals surface area contributed by atoms with E-state index < -0.39 is 0 Å². The van der Waals surface area contributed by atoms with E-state index in [1.54, 1.807) is 5.57 Å². The lowest BCUT2D eigenvalue weighted by atomic mass is 10.1. The summed E-state index contributed by atoms with van der Waals surface area (Å²) in [6.45, 7) is 10.3. The molecular formula is C13H23P. The third-order valence-electron chi connectivity index (χ3n) is 1.98. The maximum atomic E-state index is 3.94. The zero-order valence-electron chi connectivity index (χ0n) is 9.77. The summed E-state index contributed by atoms with van der Waals surface area (Å²) in [7, 11) is 0.947. The Morgan fingerprint density at radius 1 is 1.36 bits per heavy atom. The normalized spacial score (nSPS) is 13.2. The Hall–Kier alpha value is -0.350. The fraction of sp³-hybridized carbons (Fsp3) is 0.538. The van der Waals surface area contributed by atoms with Crippen molar-refractivity contribution in [2.75, 3.05) is 6.16 Å². The van der Waals surface area contributed by atoms with Crippen LogP contribution in [0.4, 0.5) is 0 Å². The maximum Gasteiger partial charge on any atom is -0.0107 e. The van der Waals surface area contributed by atoms with Crippen LogP contribution in [0.1, 0.15) is 40.0 Å². The summed E-state index contributed by atoms with van der Waals surface area (Å²) in [5, 5.41) is 0. The predicted octanol–water partition coefficient (Wildman–Crippen LogP) is 4.89. The first-order valence-corrected chi connectivity index (χ1v) is 6.66. The molecule has 0 nitrogen and oxygen atoms in total. The average molecular weight is 210 g/mol. The molecule has 0 fully saturated rings. The molecule has 0 saturated heterocycles. The van der Waals surface area contributed by atoms with Crippen LogP contribution in [-0.2, 0) is 0 Å². The van der Waals surface area contributed by atoms with E-state index in [0.717, 1.165) is 21.4 Å². The number of allylic oxidation sites excluding steroid dienone is 4. The minimum atomic E-state index is 0.947. The summed E-state index contributed by atoms with van der Waals surface area (Å²) in [6.07, 6.45) is 9.26. The Balaban J connectivity index is 3.90. The van der Waals surface area contributed by atoms with Gasteiger partial charge in [0.2, 0.25) is 0 Å². The van der Waals surface area contributed by atoms with E-state index in [9.17, 15) is 0 Å². The highest BCUT2D eigenvalue weighted by Gasteiger charge is 1.96. The third kappa shape index (κ3) is 8.26. The van der Waals surface area contributed by atoms with Crippen molar-refractivity contribution in [3.05, 3.63) is 35.7 Å². The molecule has 1 heteroatoms. The van der Waals surface area contributed by atoms with Gasteiger partial charge in [-0.3, -0.25) is 0 Å². The van der Waals surface area contributed by atoms with Crippen molar-refractivity contribution in [2.24, 2.45) is 0 Å². The van der Waals surface area contributed by atoms with Gasteiger partial charge in [-0.2, -0.15) is 0 Å². The SMILES string of the molecule is C=C(C)CC/C(=C\CC)CP/C=C/C. The molecule has 0 saturated carbocycles. The highest BCUT2D eigenvalue weighted by atomic mass is 31.1. The summed E-state index contributed by atoms with van der Waals surface area (Å²) in [5.74, 6) is 2.27. The first kappa shape index (κ1) is 13.7. The predicted molar refractivity (Wildman–Crippen MR) is 70.4 cm³/mol. The molecule has 0 bridgehead atoms. The molecule has 1 unspecified atom stereocenters. The molecule has 0 heterocycles. The van der Waals surface area contributed by atoms with Gasteiger partial charge < -0.3 is 0 Å². The van der Waals surface area contributed by atoms with Gasteiger partial charge in [-0.05, 0) is 39.3 Å². The molecule has 0 aromatic heterocycles. The zero-order valence-corrected chi connectivity index (χ0v) is 10.8. The van der Waals surface area contributed by atoms with Gasteiger partial charge in [0.25, 0.3) is 0 Å². The van der Waals surface area contributed by atoms with Crippen molar-refractivity contribution < 1.29 is 0 Å². The fourth-order valence-electron chi connectivity index (χ4n) is 1.23. The van der Waals surface area contributed by atoms with E-state index in [2.05, 4.69) is 45.3 Å². The lowest BCUT2D eigenvalue weighted by molar-refractivity contribution is 0.921. The average Bonchev–Trinajstić information content (AvgIpc) is 2.14. The summed E-state index contributed by atoms with van der Waals surface area (Å²) >= 11 is 0. The van der Waals surface area contributed by atoms with E-state index in [-0.39, 0.29) is 0 Å². The van der Waals surface area contributed by atoms with Gasteiger partial charge in [-0.25, -0.2) is 0 Å². The summed E-state index contributed by atoms with van der Waals surface area (Å²) in [5.41, 5.74) is 2.90. The van der Waals surface area contributed by atoms with Gasteiger partial charge >= 0.3 is 0 Å². The minimum absolute atomic E-state index is 0.947. The molecule has 0 amide bonds. The van der Waals surface area contributed by atoms with Crippen molar-refractivity contribution in [1.29, 1.82) is 0 Å². The highest BCUT2D eigenvalue weighted by Crippen LogP contribution is 2.21. The maximum absolute atomic E-state index is 3.94. The van der Waals surface area contributed by atoms with Crippen LogP contribution in [0.5, 0.6) is 0 Å². The zero-order chi connectivity index (χ0) is 10.8. The third-order valence-corrected chi connectivity index (χ3v) is 3.21. The van der Waals surface area contributed by atoms with Crippen LogP contribution >= 0.6 is 8.58 Å².